The van der Waals surface area contributed by atoms with E-state index < -0.39 is 6.10 Å². The minimum absolute atomic E-state index is 0.00955. The number of fused-ring (bicyclic) bond motifs is 2. The van der Waals surface area contributed by atoms with Gasteiger partial charge in [-0.05, 0) is 37.1 Å². The summed E-state index contributed by atoms with van der Waals surface area (Å²) in [5.41, 5.74) is 1.04. The Morgan fingerprint density at radius 3 is 2.81 bits per heavy atom. The molecule has 5 nitrogen and oxygen atoms in total. The van der Waals surface area contributed by atoms with Crippen molar-refractivity contribution in [2.24, 2.45) is 0 Å². The van der Waals surface area contributed by atoms with Crippen molar-refractivity contribution < 1.29 is 14.3 Å². The molecule has 138 valence electrons. The second-order valence-electron chi connectivity index (χ2n) is 7.01. The van der Waals surface area contributed by atoms with Gasteiger partial charge in [0.05, 0.1) is 15.2 Å². The Balaban J connectivity index is 1.31. The molecule has 2 aliphatic rings. The zero-order chi connectivity index (χ0) is 18.2. The first-order valence-corrected chi connectivity index (χ1v) is 10.1. The smallest absolute Gasteiger partial charge is 0.267 e. The molecule has 5 rings (SSSR count). The van der Waals surface area contributed by atoms with Crippen molar-refractivity contribution in [3.8, 4) is 11.5 Å². The van der Waals surface area contributed by atoms with E-state index in [1.807, 2.05) is 47.4 Å². The van der Waals surface area contributed by atoms with Crippen LogP contribution in [0.1, 0.15) is 23.8 Å². The standard InChI is InChI=1S/C21H20N2O3S/c24-21(18-13-25-16-8-2-3-9-17(16)26-18)23-11-5-6-14(12-23)20-22-15-7-1-4-10-19(15)27-20/h1-4,7-10,14,18H,5-6,11-13H2/t14-,18-/m1/s1. The molecule has 0 aliphatic carbocycles. The number of hydrogen-bond donors (Lipinski definition) is 0. The van der Waals surface area contributed by atoms with Crippen LogP contribution in [0.3, 0.4) is 0 Å². The van der Waals surface area contributed by atoms with Gasteiger partial charge in [-0.15, -0.1) is 11.3 Å². The van der Waals surface area contributed by atoms with E-state index in [4.69, 9.17) is 14.5 Å². The average molecular weight is 380 g/mol. The van der Waals surface area contributed by atoms with Gasteiger partial charge in [0, 0.05) is 19.0 Å². The molecule has 0 radical (unpaired) electrons. The number of carbonyl (C=O) groups excluding carboxylic acids is 1. The molecule has 27 heavy (non-hydrogen) atoms. The van der Waals surface area contributed by atoms with E-state index in [0.29, 0.717) is 18.0 Å². The third kappa shape index (κ3) is 3.14. The Bertz CT molecular complexity index is 953. The van der Waals surface area contributed by atoms with Gasteiger partial charge in [-0.2, -0.15) is 0 Å². The monoisotopic (exact) mass is 380 g/mol. The van der Waals surface area contributed by atoms with Crippen LogP contribution < -0.4 is 9.47 Å². The van der Waals surface area contributed by atoms with Gasteiger partial charge in [0.1, 0.15) is 6.61 Å². The van der Waals surface area contributed by atoms with Gasteiger partial charge in [0.2, 0.25) is 6.10 Å². The maximum absolute atomic E-state index is 13.0. The molecule has 1 amide bonds. The first-order chi connectivity index (χ1) is 13.3. The van der Waals surface area contributed by atoms with Crippen molar-refractivity contribution in [3.05, 3.63) is 53.5 Å². The van der Waals surface area contributed by atoms with Gasteiger partial charge < -0.3 is 14.4 Å². The molecule has 6 heteroatoms. The molecule has 2 aliphatic heterocycles. The Kier molecular flexibility index (Phi) is 4.20. The van der Waals surface area contributed by atoms with Gasteiger partial charge in [0.25, 0.3) is 5.91 Å². The second-order valence-corrected chi connectivity index (χ2v) is 8.07. The highest BCUT2D eigenvalue weighted by Crippen LogP contribution is 2.34. The molecule has 0 spiro atoms. The fourth-order valence-electron chi connectivity index (χ4n) is 3.79. The normalized spacial score (nSPS) is 22.0. The molecular formula is C21H20N2O3S. The van der Waals surface area contributed by atoms with Crippen LogP contribution in [-0.2, 0) is 4.79 Å². The molecule has 0 N–H and O–H groups in total. The largest absolute Gasteiger partial charge is 0.485 e. The maximum atomic E-state index is 13.0. The molecule has 0 bridgehead atoms. The van der Waals surface area contributed by atoms with Crippen molar-refractivity contribution >= 4 is 27.5 Å². The summed E-state index contributed by atoms with van der Waals surface area (Å²) in [4.78, 5) is 19.7. The lowest BCUT2D eigenvalue weighted by atomic mass is 9.98. The van der Waals surface area contributed by atoms with Crippen molar-refractivity contribution in [1.82, 2.24) is 9.88 Å². The quantitative estimate of drug-likeness (QED) is 0.678. The van der Waals surface area contributed by atoms with Gasteiger partial charge in [-0.1, -0.05) is 24.3 Å². The van der Waals surface area contributed by atoms with Crippen LogP contribution in [-0.4, -0.2) is 41.6 Å². The summed E-state index contributed by atoms with van der Waals surface area (Å²) in [5.74, 6) is 1.64. The molecule has 1 aromatic heterocycles. The fraction of sp³-hybridized carbons (Fsp3) is 0.333. The number of piperidine rings is 1. The molecule has 1 fully saturated rings. The summed E-state index contributed by atoms with van der Waals surface area (Å²) in [6, 6.07) is 15.7. The Hall–Kier alpha value is -2.60. The van der Waals surface area contributed by atoms with Crippen LogP contribution in [0.5, 0.6) is 11.5 Å². The zero-order valence-electron chi connectivity index (χ0n) is 14.8. The number of rotatable bonds is 2. The zero-order valence-corrected chi connectivity index (χ0v) is 15.7. The van der Waals surface area contributed by atoms with Crippen LogP contribution in [0.2, 0.25) is 0 Å². The summed E-state index contributed by atoms with van der Waals surface area (Å²) in [6.45, 7) is 1.72. The number of ether oxygens (including phenoxy) is 2. The van der Waals surface area contributed by atoms with Crippen molar-refractivity contribution in [1.29, 1.82) is 0 Å². The lowest BCUT2D eigenvalue weighted by molar-refractivity contribution is -0.142. The van der Waals surface area contributed by atoms with Crippen LogP contribution >= 0.6 is 11.3 Å². The number of aromatic nitrogens is 1. The molecule has 0 saturated carbocycles. The van der Waals surface area contributed by atoms with Gasteiger partial charge in [-0.25, -0.2) is 4.98 Å². The summed E-state index contributed by atoms with van der Waals surface area (Å²) in [6.07, 6.45) is 1.47. The molecule has 3 heterocycles. The number of para-hydroxylation sites is 3. The number of amides is 1. The first-order valence-electron chi connectivity index (χ1n) is 9.31. The third-order valence-electron chi connectivity index (χ3n) is 5.18. The van der Waals surface area contributed by atoms with E-state index in [1.54, 1.807) is 11.3 Å². The number of thiazole rings is 1. The third-order valence-corrected chi connectivity index (χ3v) is 6.38. The van der Waals surface area contributed by atoms with Crippen molar-refractivity contribution in [2.45, 2.75) is 24.9 Å². The highest BCUT2D eigenvalue weighted by molar-refractivity contribution is 7.18. The minimum atomic E-state index is -0.575. The van der Waals surface area contributed by atoms with Crippen LogP contribution in [0.25, 0.3) is 10.2 Å². The Morgan fingerprint density at radius 1 is 1.11 bits per heavy atom. The molecule has 2 aromatic carbocycles. The van der Waals surface area contributed by atoms with E-state index in [9.17, 15) is 4.79 Å². The number of hydrogen-bond acceptors (Lipinski definition) is 5. The molecular weight excluding hydrogens is 360 g/mol. The van der Waals surface area contributed by atoms with Crippen molar-refractivity contribution in [2.75, 3.05) is 19.7 Å². The van der Waals surface area contributed by atoms with E-state index in [1.165, 1.54) is 4.70 Å². The van der Waals surface area contributed by atoms with E-state index in [-0.39, 0.29) is 18.4 Å². The van der Waals surface area contributed by atoms with E-state index >= 15 is 0 Å². The Morgan fingerprint density at radius 2 is 1.93 bits per heavy atom. The Labute approximate surface area is 161 Å². The molecule has 0 unspecified atom stereocenters. The van der Waals surface area contributed by atoms with E-state index in [2.05, 4.69) is 6.07 Å². The predicted molar refractivity (Wildman–Crippen MR) is 105 cm³/mol. The van der Waals surface area contributed by atoms with E-state index in [0.717, 1.165) is 29.9 Å². The number of nitrogens with zero attached hydrogens (tertiary/aromatic N) is 2. The first kappa shape index (κ1) is 16.6. The van der Waals surface area contributed by atoms with Crippen molar-refractivity contribution in [3.63, 3.8) is 0 Å². The highest BCUT2D eigenvalue weighted by Gasteiger charge is 2.34. The van der Waals surface area contributed by atoms with Crippen LogP contribution in [0.4, 0.5) is 0 Å². The minimum Gasteiger partial charge on any atom is -0.485 e. The summed E-state index contributed by atoms with van der Waals surface area (Å²) in [7, 11) is 0. The lowest BCUT2D eigenvalue weighted by Gasteiger charge is -2.35. The molecule has 3 aromatic rings. The van der Waals surface area contributed by atoms with Gasteiger partial charge >= 0.3 is 0 Å². The summed E-state index contributed by atoms with van der Waals surface area (Å²) in [5, 5.41) is 1.12. The van der Waals surface area contributed by atoms with Gasteiger partial charge in [-0.3, -0.25) is 4.79 Å². The molecule has 2 atom stereocenters. The maximum Gasteiger partial charge on any atom is 0.267 e. The average Bonchev–Trinajstić information content (AvgIpc) is 3.17. The number of carbonyl (C=O) groups is 1. The predicted octanol–water partition coefficient (Wildman–Crippen LogP) is 3.84. The SMILES string of the molecule is O=C([C@H]1COc2ccccc2O1)N1CCC[C@@H](c2nc3ccccc3s2)C1. The lowest BCUT2D eigenvalue weighted by Crippen LogP contribution is -2.49. The summed E-state index contributed by atoms with van der Waals surface area (Å²) < 4.78 is 12.8. The van der Waals surface area contributed by atoms with Crippen LogP contribution in [0.15, 0.2) is 48.5 Å². The van der Waals surface area contributed by atoms with Crippen LogP contribution in [0, 0.1) is 0 Å². The topological polar surface area (TPSA) is 51.7 Å². The second kappa shape index (κ2) is 6.85. The van der Waals surface area contributed by atoms with Gasteiger partial charge in [0.15, 0.2) is 11.5 Å². The molecule has 1 saturated heterocycles. The summed E-state index contributed by atoms with van der Waals surface area (Å²) >= 11 is 1.74. The number of likely N-dealkylation sites (tertiary alicyclic amines) is 1. The highest BCUT2D eigenvalue weighted by atomic mass is 32.1. The fourth-order valence-corrected chi connectivity index (χ4v) is 4.88. The number of benzene rings is 2.